The van der Waals surface area contributed by atoms with Crippen LogP contribution in [0.15, 0.2) is 66.7 Å². The minimum Gasteiger partial charge on any atom is -0.466 e. The smallest absolute Gasteiger partial charge is 0.305 e. The average Bonchev–Trinajstić information content (AvgIpc) is 3.20. The molecule has 0 saturated carbocycles. The van der Waals surface area contributed by atoms with Crippen molar-refractivity contribution in [2.45, 2.75) is 70.4 Å². The van der Waals surface area contributed by atoms with Crippen molar-refractivity contribution in [3.8, 4) is 0 Å². The number of hydrogen-bond acceptors (Lipinski definition) is 4. The number of rotatable bonds is 13. The maximum Gasteiger partial charge on any atom is 0.305 e. The van der Waals surface area contributed by atoms with Gasteiger partial charge in [-0.05, 0) is 49.3 Å². The lowest BCUT2D eigenvalue weighted by Gasteiger charge is -2.22. The van der Waals surface area contributed by atoms with E-state index in [9.17, 15) is 14.7 Å². The van der Waals surface area contributed by atoms with Crippen molar-refractivity contribution in [2.24, 2.45) is 0 Å². The second-order valence-electron chi connectivity index (χ2n) is 8.90. The number of hydrogen-bond donors (Lipinski definition) is 1. The van der Waals surface area contributed by atoms with Crippen LogP contribution in [0.5, 0.6) is 0 Å². The van der Waals surface area contributed by atoms with Crippen LogP contribution in [-0.2, 0) is 20.7 Å². The van der Waals surface area contributed by atoms with Crippen LogP contribution in [0, 0.1) is 0 Å². The van der Waals surface area contributed by atoms with Crippen molar-refractivity contribution in [3.63, 3.8) is 0 Å². The summed E-state index contributed by atoms with van der Waals surface area (Å²) in [7, 11) is 0. The van der Waals surface area contributed by atoms with Crippen LogP contribution >= 0.6 is 0 Å². The molecular weight excluding hydrogens is 426 g/mol. The van der Waals surface area contributed by atoms with Gasteiger partial charge >= 0.3 is 5.97 Å². The SMILES string of the molecule is CCOC(=O)CCCCCCN1C(=O)CC[C@@H]1/C=C/C(O)c1cccc(Cc2ccccc2)c1. The summed E-state index contributed by atoms with van der Waals surface area (Å²) in [6.07, 6.45) is 9.43. The minimum absolute atomic E-state index is 0.0363. The maximum atomic E-state index is 12.4. The molecule has 1 N–H and O–H groups in total. The molecule has 0 radical (unpaired) electrons. The topological polar surface area (TPSA) is 66.8 Å². The zero-order chi connectivity index (χ0) is 24.2. The molecule has 1 aliphatic rings. The Balaban J connectivity index is 1.47. The summed E-state index contributed by atoms with van der Waals surface area (Å²) in [6.45, 7) is 2.96. The highest BCUT2D eigenvalue weighted by atomic mass is 16.5. The largest absolute Gasteiger partial charge is 0.466 e. The highest BCUT2D eigenvalue weighted by Crippen LogP contribution is 2.23. The van der Waals surface area contributed by atoms with Crippen molar-refractivity contribution >= 4 is 11.9 Å². The number of amides is 1. The summed E-state index contributed by atoms with van der Waals surface area (Å²) in [5.74, 6) is 0.0482. The molecule has 1 heterocycles. The second kappa shape index (κ2) is 13.7. The number of benzene rings is 2. The first-order valence-electron chi connectivity index (χ1n) is 12.5. The van der Waals surface area contributed by atoms with Crippen molar-refractivity contribution in [2.75, 3.05) is 13.2 Å². The van der Waals surface area contributed by atoms with Gasteiger partial charge in [-0.25, -0.2) is 0 Å². The monoisotopic (exact) mass is 463 g/mol. The van der Waals surface area contributed by atoms with Crippen LogP contribution in [0.3, 0.4) is 0 Å². The standard InChI is InChI=1S/C29H37NO4/c1-2-34-29(33)15-8-3-4-9-20-30-26(17-19-28(30)32)16-18-27(31)25-14-10-13-24(22-25)21-23-11-6-5-7-12-23/h5-7,10-14,16,18,22,26-27,31H,2-4,8-9,15,17,19-21H2,1H3/b18-16+/t26-,27?/m0/s1. The van der Waals surface area contributed by atoms with Crippen LogP contribution in [-0.4, -0.2) is 41.1 Å². The molecule has 1 amide bonds. The van der Waals surface area contributed by atoms with Gasteiger partial charge in [0.05, 0.1) is 18.8 Å². The molecule has 3 rings (SSSR count). The van der Waals surface area contributed by atoms with E-state index in [1.165, 1.54) is 5.56 Å². The molecule has 2 aromatic carbocycles. The summed E-state index contributed by atoms with van der Waals surface area (Å²) in [6, 6.07) is 18.4. The Morgan fingerprint density at radius 3 is 2.65 bits per heavy atom. The molecule has 5 heteroatoms. The molecule has 34 heavy (non-hydrogen) atoms. The fraction of sp³-hybridized carbons (Fsp3) is 0.448. The van der Waals surface area contributed by atoms with Crippen LogP contribution < -0.4 is 0 Å². The first kappa shape index (κ1) is 25.7. The Morgan fingerprint density at radius 1 is 1.09 bits per heavy atom. The number of ether oxygens (including phenoxy) is 1. The summed E-state index contributed by atoms with van der Waals surface area (Å²) in [5, 5.41) is 10.8. The molecule has 2 aromatic rings. The third-order valence-corrected chi connectivity index (χ3v) is 6.27. The molecule has 182 valence electrons. The van der Waals surface area contributed by atoms with Crippen LogP contribution in [0.1, 0.15) is 74.7 Å². The zero-order valence-corrected chi connectivity index (χ0v) is 20.2. The maximum absolute atomic E-state index is 12.4. The van der Waals surface area contributed by atoms with Crippen LogP contribution in [0.2, 0.25) is 0 Å². The van der Waals surface area contributed by atoms with Crippen molar-refractivity contribution in [3.05, 3.63) is 83.4 Å². The van der Waals surface area contributed by atoms with Crippen molar-refractivity contribution in [1.29, 1.82) is 0 Å². The number of nitrogens with zero attached hydrogens (tertiary/aromatic N) is 1. The first-order valence-corrected chi connectivity index (χ1v) is 12.5. The van der Waals surface area contributed by atoms with Gasteiger partial charge in [0, 0.05) is 19.4 Å². The second-order valence-corrected chi connectivity index (χ2v) is 8.90. The van der Waals surface area contributed by atoms with Crippen molar-refractivity contribution in [1.82, 2.24) is 4.90 Å². The number of carbonyl (C=O) groups is 2. The third-order valence-electron chi connectivity index (χ3n) is 6.27. The fourth-order valence-electron chi connectivity index (χ4n) is 4.45. The summed E-state index contributed by atoms with van der Waals surface area (Å²) in [5.41, 5.74) is 3.27. The van der Waals surface area contributed by atoms with E-state index in [1.807, 2.05) is 54.3 Å². The highest BCUT2D eigenvalue weighted by Gasteiger charge is 2.28. The van der Waals surface area contributed by atoms with E-state index in [-0.39, 0.29) is 17.9 Å². The lowest BCUT2D eigenvalue weighted by Crippen LogP contribution is -2.32. The van der Waals surface area contributed by atoms with Crippen molar-refractivity contribution < 1.29 is 19.4 Å². The van der Waals surface area contributed by atoms with E-state index in [0.717, 1.165) is 56.2 Å². The number of esters is 1. The van der Waals surface area contributed by atoms with Gasteiger partial charge in [-0.2, -0.15) is 0 Å². The summed E-state index contributed by atoms with van der Waals surface area (Å²) in [4.78, 5) is 25.7. The Bertz CT molecular complexity index is 940. The Kier molecular flexibility index (Phi) is 10.4. The van der Waals surface area contributed by atoms with Gasteiger partial charge in [0.15, 0.2) is 0 Å². The number of likely N-dealkylation sites (tertiary alicyclic amines) is 1. The van der Waals surface area contributed by atoms with Gasteiger partial charge in [0.1, 0.15) is 0 Å². The highest BCUT2D eigenvalue weighted by molar-refractivity contribution is 5.79. The number of aliphatic hydroxyl groups excluding tert-OH is 1. The number of aliphatic hydroxyl groups is 1. The van der Waals surface area contributed by atoms with Crippen LogP contribution in [0.4, 0.5) is 0 Å². The molecule has 0 bridgehead atoms. The normalized spacial score (nSPS) is 16.8. The van der Waals surface area contributed by atoms with E-state index in [1.54, 1.807) is 0 Å². The summed E-state index contributed by atoms with van der Waals surface area (Å²) < 4.78 is 4.95. The molecule has 5 nitrogen and oxygen atoms in total. The number of carbonyl (C=O) groups excluding carboxylic acids is 2. The molecule has 0 spiro atoms. The van der Waals surface area contributed by atoms with E-state index in [2.05, 4.69) is 24.3 Å². The van der Waals surface area contributed by atoms with Crippen LogP contribution in [0.25, 0.3) is 0 Å². The third kappa shape index (κ3) is 8.14. The predicted molar refractivity (Wildman–Crippen MR) is 134 cm³/mol. The molecule has 2 atom stereocenters. The zero-order valence-electron chi connectivity index (χ0n) is 20.2. The van der Waals surface area contributed by atoms with Gasteiger partial charge < -0.3 is 14.7 Å². The van der Waals surface area contributed by atoms with E-state index < -0.39 is 6.10 Å². The van der Waals surface area contributed by atoms with Gasteiger partial charge in [0.2, 0.25) is 5.91 Å². The van der Waals surface area contributed by atoms with Gasteiger partial charge in [-0.1, -0.05) is 79.6 Å². The molecule has 1 aliphatic heterocycles. The molecule has 1 saturated heterocycles. The molecule has 0 aromatic heterocycles. The average molecular weight is 464 g/mol. The van der Waals surface area contributed by atoms with Gasteiger partial charge in [-0.3, -0.25) is 9.59 Å². The lowest BCUT2D eigenvalue weighted by molar-refractivity contribution is -0.143. The van der Waals surface area contributed by atoms with E-state index in [4.69, 9.17) is 4.74 Å². The molecular formula is C29H37NO4. The molecule has 0 aliphatic carbocycles. The van der Waals surface area contributed by atoms with Gasteiger partial charge in [-0.15, -0.1) is 0 Å². The van der Waals surface area contributed by atoms with Gasteiger partial charge in [0.25, 0.3) is 0 Å². The molecule has 1 unspecified atom stereocenters. The minimum atomic E-state index is -0.698. The number of unbranched alkanes of at least 4 members (excludes halogenated alkanes) is 3. The molecule has 1 fully saturated rings. The summed E-state index contributed by atoms with van der Waals surface area (Å²) >= 11 is 0. The van der Waals surface area contributed by atoms with E-state index >= 15 is 0 Å². The Morgan fingerprint density at radius 2 is 1.85 bits per heavy atom. The quantitative estimate of drug-likeness (QED) is 0.246. The predicted octanol–water partition coefficient (Wildman–Crippen LogP) is 5.37. The Labute approximate surface area is 203 Å². The first-order chi connectivity index (χ1) is 16.6. The van der Waals surface area contributed by atoms with E-state index in [0.29, 0.717) is 19.4 Å². The fourth-order valence-corrected chi connectivity index (χ4v) is 4.45. The lowest BCUT2D eigenvalue weighted by atomic mass is 10.00. The Hall–Kier alpha value is -2.92.